The Hall–Kier alpha value is -3.26. The fourth-order valence-corrected chi connectivity index (χ4v) is 4.48. The Morgan fingerprint density at radius 1 is 1.07 bits per heavy atom. The molecule has 0 bridgehead atoms. The molecule has 4 rings (SSSR count). The molecule has 0 fully saturated rings. The van der Waals surface area contributed by atoms with Crippen molar-refractivity contribution in [2.45, 2.75) is 13.5 Å². The molecule has 0 amide bonds. The van der Waals surface area contributed by atoms with Crippen LogP contribution in [-0.4, -0.2) is 11.7 Å². The molecule has 0 aliphatic carbocycles. The largest absolute Gasteiger partial charge is 0.497 e. The maximum atomic E-state index is 14.1. The number of aryl methyl sites for hydroxylation is 1. The summed E-state index contributed by atoms with van der Waals surface area (Å²) in [5, 5.41) is 0.220. The lowest BCUT2D eigenvalue weighted by Gasteiger charge is -2.08. The molecular formula is C21H15F2NO4S. The number of hydrogen-bond donors (Lipinski definition) is 0. The lowest BCUT2D eigenvalue weighted by Crippen LogP contribution is -2.25. The van der Waals surface area contributed by atoms with Crippen LogP contribution in [0.2, 0.25) is 0 Å². The highest BCUT2D eigenvalue weighted by molar-refractivity contribution is 7.22. The summed E-state index contributed by atoms with van der Waals surface area (Å²) >= 11 is 1.19. The van der Waals surface area contributed by atoms with Crippen molar-refractivity contribution in [3.8, 4) is 16.2 Å². The minimum Gasteiger partial charge on any atom is -0.497 e. The van der Waals surface area contributed by atoms with Crippen LogP contribution < -0.4 is 16.1 Å². The third-order valence-electron chi connectivity index (χ3n) is 4.71. The van der Waals surface area contributed by atoms with Crippen LogP contribution in [0.1, 0.15) is 11.1 Å². The van der Waals surface area contributed by atoms with Crippen molar-refractivity contribution in [2.24, 2.45) is 0 Å². The van der Waals surface area contributed by atoms with Crippen LogP contribution in [0.4, 0.5) is 8.78 Å². The van der Waals surface area contributed by atoms with Gasteiger partial charge in [-0.1, -0.05) is 6.07 Å². The first-order chi connectivity index (χ1) is 13.9. The van der Waals surface area contributed by atoms with Crippen LogP contribution >= 0.6 is 11.3 Å². The van der Waals surface area contributed by atoms with E-state index in [9.17, 15) is 18.4 Å². The Kier molecular flexibility index (Phi) is 4.79. The molecule has 4 aromatic rings. The second-order valence-corrected chi connectivity index (χ2v) is 7.41. The van der Waals surface area contributed by atoms with E-state index in [0.29, 0.717) is 16.1 Å². The smallest absolute Gasteiger partial charge is 0.423 e. The van der Waals surface area contributed by atoms with Gasteiger partial charge in [0, 0.05) is 10.4 Å². The van der Waals surface area contributed by atoms with Gasteiger partial charge in [0.1, 0.15) is 22.2 Å². The van der Waals surface area contributed by atoms with Gasteiger partial charge in [-0.15, -0.1) is 11.3 Å². The van der Waals surface area contributed by atoms with E-state index in [0.717, 1.165) is 27.1 Å². The van der Waals surface area contributed by atoms with Gasteiger partial charge in [0.15, 0.2) is 0 Å². The molecule has 0 saturated carbocycles. The first-order valence-corrected chi connectivity index (χ1v) is 9.46. The van der Waals surface area contributed by atoms with Crippen molar-refractivity contribution < 1.29 is 17.9 Å². The standard InChI is InChI=1S/C21H15F2NO4S/c1-11-17-19(29-18(11)12-6-8-13(27-2)9-7-12)24(21(26)28-20(17)25)10-14-15(22)4-3-5-16(14)23/h3-9H,10H2,1-2H3. The molecule has 0 N–H and O–H groups in total. The topological polar surface area (TPSA) is 61.4 Å². The molecule has 2 aromatic carbocycles. The third kappa shape index (κ3) is 3.25. The van der Waals surface area contributed by atoms with E-state index >= 15 is 0 Å². The molecule has 0 aliphatic rings. The molecule has 0 atom stereocenters. The zero-order valence-electron chi connectivity index (χ0n) is 15.5. The molecule has 2 heterocycles. The first kappa shape index (κ1) is 19.1. The van der Waals surface area contributed by atoms with Gasteiger partial charge >= 0.3 is 11.4 Å². The normalized spacial score (nSPS) is 11.2. The number of hydrogen-bond acceptors (Lipinski definition) is 5. The number of ether oxygens (including phenoxy) is 1. The molecule has 29 heavy (non-hydrogen) atoms. The Bertz CT molecular complexity index is 1320. The summed E-state index contributed by atoms with van der Waals surface area (Å²) in [7, 11) is 1.56. The summed E-state index contributed by atoms with van der Waals surface area (Å²) in [6, 6.07) is 10.7. The molecular weight excluding hydrogens is 400 g/mol. The van der Waals surface area contributed by atoms with Gasteiger partial charge in [-0.3, -0.25) is 4.57 Å². The van der Waals surface area contributed by atoms with Crippen LogP contribution in [0, 0.1) is 18.6 Å². The van der Waals surface area contributed by atoms with Crippen LogP contribution in [0.5, 0.6) is 5.75 Å². The fourth-order valence-electron chi connectivity index (χ4n) is 3.19. The highest BCUT2D eigenvalue weighted by Crippen LogP contribution is 2.37. The van der Waals surface area contributed by atoms with Gasteiger partial charge in [-0.2, -0.15) is 0 Å². The highest BCUT2D eigenvalue weighted by atomic mass is 32.1. The Morgan fingerprint density at radius 2 is 1.72 bits per heavy atom. The minimum atomic E-state index is -0.965. The van der Waals surface area contributed by atoms with Crippen molar-refractivity contribution >= 4 is 21.6 Å². The number of thiophene rings is 1. The minimum absolute atomic E-state index is 0.220. The van der Waals surface area contributed by atoms with Gasteiger partial charge in [-0.25, -0.2) is 18.4 Å². The molecule has 2 aromatic heterocycles. The van der Waals surface area contributed by atoms with Gasteiger partial charge in [0.2, 0.25) is 0 Å². The summed E-state index contributed by atoms with van der Waals surface area (Å²) in [5.74, 6) is -1.84. The maximum Gasteiger partial charge on any atom is 0.423 e. The maximum absolute atomic E-state index is 14.1. The number of fused-ring (bicyclic) bond motifs is 1. The molecule has 0 spiro atoms. The second-order valence-electron chi connectivity index (χ2n) is 6.41. The SMILES string of the molecule is COc1ccc(-c2sc3c(c2C)c(=O)oc(=O)n3Cc2c(F)cccc2F)cc1. The molecule has 5 nitrogen and oxygen atoms in total. The predicted octanol–water partition coefficient (Wildman–Crippen LogP) is 4.33. The van der Waals surface area contributed by atoms with E-state index in [2.05, 4.69) is 0 Å². The number of halogens is 2. The Labute approximate surface area is 167 Å². The van der Waals surface area contributed by atoms with Gasteiger partial charge < -0.3 is 9.15 Å². The number of aromatic nitrogens is 1. The summed E-state index contributed by atoms with van der Waals surface area (Å²) in [4.78, 5) is 25.8. The number of benzene rings is 2. The lowest BCUT2D eigenvalue weighted by molar-refractivity contribution is 0.415. The molecule has 0 unspecified atom stereocenters. The summed E-state index contributed by atoms with van der Waals surface area (Å²) in [6.07, 6.45) is 0. The Morgan fingerprint density at radius 3 is 2.34 bits per heavy atom. The first-order valence-electron chi connectivity index (χ1n) is 8.65. The summed E-state index contributed by atoms with van der Waals surface area (Å²) in [6.45, 7) is 1.35. The van der Waals surface area contributed by atoms with Crippen LogP contribution in [0.3, 0.4) is 0 Å². The molecule has 0 aliphatic heterocycles. The van der Waals surface area contributed by atoms with Crippen molar-refractivity contribution in [3.05, 3.63) is 86.2 Å². The van der Waals surface area contributed by atoms with Crippen LogP contribution in [0.15, 0.2) is 56.5 Å². The van der Waals surface area contributed by atoms with E-state index in [1.54, 1.807) is 26.2 Å². The highest BCUT2D eigenvalue weighted by Gasteiger charge is 2.21. The molecule has 8 heteroatoms. The molecule has 148 valence electrons. The van der Waals surface area contributed by atoms with Crippen LogP contribution in [0.25, 0.3) is 20.7 Å². The Balaban J connectivity index is 1.94. The summed E-state index contributed by atoms with van der Waals surface area (Å²) < 4.78 is 39.3. The number of methoxy groups -OCH3 is 1. The lowest BCUT2D eigenvalue weighted by atomic mass is 10.1. The van der Waals surface area contributed by atoms with E-state index in [1.807, 2.05) is 12.1 Å². The number of rotatable bonds is 4. The molecule has 0 radical (unpaired) electrons. The van der Waals surface area contributed by atoms with Crippen molar-refractivity contribution in [2.75, 3.05) is 7.11 Å². The van der Waals surface area contributed by atoms with E-state index in [-0.39, 0.29) is 17.5 Å². The zero-order chi connectivity index (χ0) is 20.7. The summed E-state index contributed by atoms with van der Waals surface area (Å²) in [5.41, 5.74) is 0.400. The van der Waals surface area contributed by atoms with E-state index in [4.69, 9.17) is 9.15 Å². The second kappa shape index (κ2) is 7.29. The van der Waals surface area contributed by atoms with Gasteiger partial charge in [0.25, 0.3) is 0 Å². The van der Waals surface area contributed by atoms with E-state index < -0.39 is 23.0 Å². The van der Waals surface area contributed by atoms with Gasteiger partial charge in [-0.05, 0) is 54.4 Å². The third-order valence-corrected chi connectivity index (χ3v) is 6.07. The zero-order valence-corrected chi connectivity index (χ0v) is 16.3. The van der Waals surface area contributed by atoms with Crippen LogP contribution in [-0.2, 0) is 6.54 Å². The quantitative estimate of drug-likeness (QED) is 0.498. The average Bonchev–Trinajstić information content (AvgIpc) is 3.04. The average molecular weight is 415 g/mol. The van der Waals surface area contributed by atoms with Crippen molar-refractivity contribution in [1.29, 1.82) is 0 Å². The fraction of sp³-hybridized carbons (Fsp3) is 0.143. The predicted molar refractivity (Wildman–Crippen MR) is 107 cm³/mol. The van der Waals surface area contributed by atoms with Crippen molar-refractivity contribution in [3.63, 3.8) is 0 Å². The van der Waals surface area contributed by atoms with E-state index in [1.165, 1.54) is 17.4 Å². The number of nitrogens with zero attached hydrogens (tertiary/aromatic N) is 1. The monoisotopic (exact) mass is 415 g/mol. The van der Waals surface area contributed by atoms with Crippen molar-refractivity contribution in [1.82, 2.24) is 4.57 Å². The van der Waals surface area contributed by atoms with Gasteiger partial charge in [0.05, 0.1) is 19.0 Å². The molecule has 0 saturated heterocycles.